The molecule has 4 atom stereocenters. The van der Waals surface area contributed by atoms with Gasteiger partial charge in [-0.3, -0.25) is 14.4 Å². The van der Waals surface area contributed by atoms with Crippen molar-refractivity contribution in [3.63, 3.8) is 0 Å². The second-order valence-electron chi connectivity index (χ2n) is 13.5. The number of benzene rings is 1. The summed E-state index contributed by atoms with van der Waals surface area (Å²) in [6, 6.07) is 3.73. The molecule has 1 aliphatic rings. The van der Waals surface area contributed by atoms with Crippen LogP contribution in [0.1, 0.15) is 95.4 Å². The second kappa shape index (κ2) is 19.1. The van der Waals surface area contributed by atoms with Crippen molar-refractivity contribution in [2.45, 2.75) is 106 Å². The minimum atomic E-state index is -0.546. The van der Waals surface area contributed by atoms with Gasteiger partial charge in [-0.2, -0.15) is 0 Å². The van der Waals surface area contributed by atoms with Crippen LogP contribution in [-0.4, -0.2) is 30.1 Å². The summed E-state index contributed by atoms with van der Waals surface area (Å²) in [4.78, 5) is 38.6. The molecule has 1 aromatic carbocycles. The highest BCUT2D eigenvalue weighted by Gasteiger charge is 2.25. The van der Waals surface area contributed by atoms with Crippen molar-refractivity contribution < 1.29 is 14.4 Å². The molecule has 2 N–H and O–H groups in total. The number of hydrogen-bond acceptors (Lipinski definition) is 4. The second-order valence-corrected chi connectivity index (χ2v) is 13.5. The van der Waals surface area contributed by atoms with Gasteiger partial charge in [-0.05, 0) is 106 Å². The summed E-state index contributed by atoms with van der Waals surface area (Å²) in [7, 11) is 0. The van der Waals surface area contributed by atoms with Crippen LogP contribution in [-0.2, 0) is 20.8 Å². The van der Waals surface area contributed by atoms with Crippen molar-refractivity contribution in [1.29, 1.82) is 0 Å². The standard InChI is InChI=1S/C40H58N2O3/c1-27(2)21-37(34(9)43)25-39(44)31(6)26-41-40(45)38(24-36-22-29(4)33(8)30(5)23-36)42-32(7)16-14-13-15-28(3)19-20-35-17-11-10-12-18-35/h11,14,16-20,22-23,27-28,31,37-38,42H,7,10,12-13,15,21,24-26H2,1-6,8-9H3,(H,41,45)/b16-14+,20-19+/t28?,31?,37?,38-/m1/s1. The normalized spacial score (nSPS) is 16.0. The van der Waals surface area contributed by atoms with E-state index >= 15 is 0 Å². The highest BCUT2D eigenvalue weighted by molar-refractivity contribution is 5.88. The molecule has 1 aromatic rings. The number of hydrogen-bond donors (Lipinski definition) is 2. The van der Waals surface area contributed by atoms with Crippen LogP contribution in [0.4, 0.5) is 0 Å². The number of allylic oxidation sites excluding steroid dienone is 8. The minimum Gasteiger partial charge on any atom is -0.374 e. The van der Waals surface area contributed by atoms with Gasteiger partial charge in [-0.15, -0.1) is 0 Å². The summed E-state index contributed by atoms with van der Waals surface area (Å²) in [5, 5.41) is 6.35. The van der Waals surface area contributed by atoms with Crippen LogP contribution in [0.15, 0.2) is 72.5 Å². The van der Waals surface area contributed by atoms with Crippen molar-refractivity contribution in [2.75, 3.05) is 6.54 Å². The molecule has 45 heavy (non-hydrogen) atoms. The van der Waals surface area contributed by atoms with Gasteiger partial charge in [0.05, 0.1) is 0 Å². The molecule has 0 radical (unpaired) electrons. The van der Waals surface area contributed by atoms with Gasteiger partial charge in [-0.1, -0.05) is 82.9 Å². The lowest BCUT2D eigenvalue weighted by atomic mass is 9.87. The topological polar surface area (TPSA) is 75.3 Å². The predicted molar refractivity (Wildman–Crippen MR) is 189 cm³/mol. The Morgan fingerprint density at radius 1 is 1.02 bits per heavy atom. The van der Waals surface area contributed by atoms with Crippen molar-refractivity contribution in [3.05, 3.63) is 94.8 Å². The van der Waals surface area contributed by atoms with Gasteiger partial charge in [-0.25, -0.2) is 0 Å². The largest absolute Gasteiger partial charge is 0.374 e. The first-order valence-corrected chi connectivity index (χ1v) is 16.8. The number of Topliss-reactive ketones (excluding diaryl/α,β-unsaturated/α-hetero) is 2. The molecule has 5 heteroatoms. The summed E-state index contributed by atoms with van der Waals surface area (Å²) >= 11 is 0. The Balaban J connectivity index is 2.02. The predicted octanol–water partition coefficient (Wildman–Crippen LogP) is 8.39. The molecule has 1 amide bonds. The summed E-state index contributed by atoms with van der Waals surface area (Å²) in [5.41, 5.74) is 6.69. The maximum atomic E-state index is 13.5. The minimum absolute atomic E-state index is 0.00814. The van der Waals surface area contributed by atoms with E-state index in [0.717, 1.165) is 31.2 Å². The monoisotopic (exact) mass is 614 g/mol. The zero-order valence-corrected chi connectivity index (χ0v) is 29.2. The smallest absolute Gasteiger partial charge is 0.242 e. The maximum absolute atomic E-state index is 13.5. The first-order valence-electron chi connectivity index (χ1n) is 16.8. The lowest BCUT2D eigenvalue weighted by Gasteiger charge is -2.22. The van der Waals surface area contributed by atoms with Gasteiger partial charge >= 0.3 is 0 Å². The molecule has 0 fully saturated rings. The summed E-state index contributed by atoms with van der Waals surface area (Å²) < 4.78 is 0. The van der Waals surface area contributed by atoms with Crippen LogP contribution in [0.25, 0.3) is 0 Å². The summed E-state index contributed by atoms with van der Waals surface area (Å²) in [6.07, 6.45) is 20.8. The van der Waals surface area contributed by atoms with E-state index in [2.05, 4.69) is 107 Å². The summed E-state index contributed by atoms with van der Waals surface area (Å²) in [6.45, 7) is 20.4. The Morgan fingerprint density at radius 3 is 2.31 bits per heavy atom. The number of carbonyl (C=O) groups excluding carboxylic acids is 3. The highest BCUT2D eigenvalue weighted by atomic mass is 16.2. The maximum Gasteiger partial charge on any atom is 0.242 e. The van der Waals surface area contributed by atoms with Crippen molar-refractivity contribution in [3.8, 4) is 0 Å². The van der Waals surface area contributed by atoms with Crippen LogP contribution < -0.4 is 10.6 Å². The first kappa shape index (κ1) is 37.7. The van der Waals surface area contributed by atoms with Crippen LogP contribution in [0, 0.1) is 44.4 Å². The number of ketones is 2. The molecular formula is C40H58N2O3. The molecular weight excluding hydrogens is 556 g/mol. The highest BCUT2D eigenvalue weighted by Crippen LogP contribution is 2.20. The molecule has 3 unspecified atom stereocenters. The molecule has 0 saturated heterocycles. The molecule has 0 spiro atoms. The Kier molecular flexibility index (Phi) is 16.0. The van der Waals surface area contributed by atoms with Crippen molar-refractivity contribution in [2.24, 2.45) is 23.7 Å². The van der Waals surface area contributed by atoms with Crippen LogP contribution >= 0.6 is 0 Å². The zero-order chi connectivity index (χ0) is 33.5. The third kappa shape index (κ3) is 14.0. The third-order valence-electron chi connectivity index (χ3n) is 8.76. The SMILES string of the molecule is C=C(/C=C/CCC(C)/C=C/C1=CCCC=C1)N[C@H](Cc1cc(C)c(C)c(C)c1)C(=O)NCC(C)C(=O)CC(CC(C)C)C(C)=O. The number of nitrogens with one attached hydrogen (secondary N) is 2. The number of carbonyl (C=O) groups is 3. The molecule has 0 bridgehead atoms. The zero-order valence-electron chi connectivity index (χ0n) is 29.2. The third-order valence-corrected chi connectivity index (χ3v) is 8.76. The van der Waals surface area contributed by atoms with E-state index in [1.807, 2.05) is 13.0 Å². The average molecular weight is 615 g/mol. The molecule has 0 heterocycles. The van der Waals surface area contributed by atoms with E-state index < -0.39 is 6.04 Å². The first-order chi connectivity index (χ1) is 21.3. The van der Waals surface area contributed by atoms with Crippen LogP contribution in [0.2, 0.25) is 0 Å². The van der Waals surface area contributed by atoms with Gasteiger partial charge in [0.2, 0.25) is 5.91 Å². The Hall–Kier alpha value is -3.47. The molecule has 246 valence electrons. The van der Waals surface area contributed by atoms with Gasteiger partial charge in [0.15, 0.2) is 0 Å². The van der Waals surface area contributed by atoms with E-state index in [4.69, 9.17) is 0 Å². The number of aryl methyl sites for hydroxylation is 2. The lowest BCUT2D eigenvalue weighted by molar-refractivity contribution is -0.129. The Labute approximate surface area is 273 Å². The van der Waals surface area contributed by atoms with Gasteiger partial charge in [0.25, 0.3) is 0 Å². The van der Waals surface area contributed by atoms with E-state index in [-0.39, 0.29) is 42.3 Å². The molecule has 0 aliphatic heterocycles. The number of amides is 1. The quantitative estimate of drug-likeness (QED) is 0.154. The fraction of sp³-hybridized carbons (Fsp3) is 0.525. The van der Waals surface area contributed by atoms with E-state index in [1.54, 1.807) is 6.92 Å². The molecule has 5 nitrogen and oxygen atoms in total. The van der Waals surface area contributed by atoms with Gasteiger partial charge in [0.1, 0.15) is 17.6 Å². The fourth-order valence-corrected chi connectivity index (χ4v) is 5.57. The molecule has 2 rings (SSSR count). The van der Waals surface area contributed by atoms with Gasteiger partial charge in [0, 0.05) is 36.9 Å². The van der Waals surface area contributed by atoms with Crippen LogP contribution in [0.5, 0.6) is 0 Å². The average Bonchev–Trinajstić information content (AvgIpc) is 2.99. The van der Waals surface area contributed by atoms with Crippen molar-refractivity contribution in [1.82, 2.24) is 10.6 Å². The Morgan fingerprint density at radius 2 is 1.71 bits per heavy atom. The lowest BCUT2D eigenvalue weighted by Crippen LogP contribution is -2.46. The van der Waals surface area contributed by atoms with E-state index in [9.17, 15) is 14.4 Å². The Bertz CT molecular complexity index is 1270. The number of rotatable bonds is 19. The van der Waals surface area contributed by atoms with E-state index in [0.29, 0.717) is 30.4 Å². The molecule has 1 aliphatic carbocycles. The van der Waals surface area contributed by atoms with Crippen molar-refractivity contribution >= 4 is 17.5 Å². The molecule has 0 saturated carbocycles. The van der Waals surface area contributed by atoms with Gasteiger partial charge < -0.3 is 10.6 Å². The fourth-order valence-electron chi connectivity index (χ4n) is 5.57. The van der Waals surface area contributed by atoms with Crippen LogP contribution in [0.3, 0.4) is 0 Å². The van der Waals surface area contributed by atoms with E-state index in [1.165, 1.54) is 22.3 Å². The summed E-state index contributed by atoms with van der Waals surface area (Å²) in [5.74, 6) is 0.0409. The molecule has 0 aromatic heterocycles.